The minimum Gasteiger partial charge on any atom is -0.508 e. The number of aromatic nitrogens is 4. The number of aromatic hydroxyl groups is 1. The predicted octanol–water partition coefficient (Wildman–Crippen LogP) is 0.451. The van der Waals surface area contributed by atoms with Crippen LogP contribution in [0.3, 0.4) is 0 Å². The zero-order chi connectivity index (χ0) is 13.7. The first-order valence-electron chi connectivity index (χ1n) is 5.14. The number of nitriles is 1. The highest BCUT2D eigenvalue weighted by atomic mass is 16.3. The molecule has 0 unspecified atom stereocenters. The molecule has 2 rings (SSSR count). The van der Waals surface area contributed by atoms with E-state index in [2.05, 4.69) is 25.9 Å². The summed E-state index contributed by atoms with van der Waals surface area (Å²) in [5.74, 6) is -0.555. The van der Waals surface area contributed by atoms with Gasteiger partial charge in [0, 0.05) is 0 Å². The summed E-state index contributed by atoms with van der Waals surface area (Å²) >= 11 is 0. The summed E-state index contributed by atoms with van der Waals surface area (Å²) in [6.45, 7) is 0. The van der Waals surface area contributed by atoms with Crippen LogP contribution < -0.4 is 5.32 Å². The number of benzene rings is 1. The van der Waals surface area contributed by atoms with Gasteiger partial charge in [0.2, 0.25) is 0 Å². The molecular formula is C11H8N6O2. The third kappa shape index (κ3) is 3.13. The molecule has 1 aromatic heterocycles. The average Bonchev–Trinajstić information content (AvgIpc) is 2.90. The number of amides is 1. The molecular weight excluding hydrogens is 248 g/mol. The van der Waals surface area contributed by atoms with E-state index >= 15 is 0 Å². The molecule has 0 radical (unpaired) electrons. The van der Waals surface area contributed by atoms with Gasteiger partial charge in [0.05, 0.1) is 0 Å². The van der Waals surface area contributed by atoms with E-state index in [9.17, 15) is 4.79 Å². The highest BCUT2D eigenvalue weighted by molar-refractivity contribution is 6.08. The number of phenols is 1. The Balaban J connectivity index is 2.17. The number of tetrazole rings is 1. The van der Waals surface area contributed by atoms with E-state index in [1.165, 1.54) is 18.2 Å². The van der Waals surface area contributed by atoms with Gasteiger partial charge in [0.15, 0.2) is 0 Å². The van der Waals surface area contributed by atoms with Crippen molar-refractivity contribution in [1.29, 1.82) is 5.26 Å². The molecule has 0 aliphatic rings. The summed E-state index contributed by atoms with van der Waals surface area (Å²) in [5.41, 5.74) is 0.494. The first kappa shape index (κ1) is 12.3. The minimum atomic E-state index is -0.642. The van der Waals surface area contributed by atoms with Gasteiger partial charge in [-0.15, -0.1) is 5.10 Å². The van der Waals surface area contributed by atoms with Crippen LogP contribution in [-0.4, -0.2) is 31.6 Å². The fourth-order valence-corrected chi connectivity index (χ4v) is 1.27. The first-order valence-corrected chi connectivity index (χ1v) is 5.14. The Morgan fingerprint density at radius 3 is 2.74 bits per heavy atom. The summed E-state index contributed by atoms with van der Waals surface area (Å²) in [7, 11) is 0. The molecule has 0 spiro atoms. The molecule has 2 aromatic rings. The maximum absolute atomic E-state index is 11.7. The van der Waals surface area contributed by atoms with Gasteiger partial charge >= 0.3 is 0 Å². The Labute approximate surface area is 107 Å². The van der Waals surface area contributed by atoms with Crippen LogP contribution in [0.4, 0.5) is 5.95 Å². The van der Waals surface area contributed by atoms with Crippen LogP contribution >= 0.6 is 0 Å². The lowest BCUT2D eigenvalue weighted by Gasteiger charge is -1.99. The number of carbonyl (C=O) groups excluding carboxylic acids is 1. The summed E-state index contributed by atoms with van der Waals surface area (Å²) in [4.78, 5) is 11.7. The van der Waals surface area contributed by atoms with E-state index in [1.807, 2.05) is 0 Å². The molecule has 19 heavy (non-hydrogen) atoms. The van der Waals surface area contributed by atoms with Crippen molar-refractivity contribution in [1.82, 2.24) is 20.6 Å². The lowest BCUT2D eigenvalue weighted by atomic mass is 10.1. The molecule has 0 saturated carbocycles. The number of hydrogen-bond acceptors (Lipinski definition) is 6. The normalized spacial score (nSPS) is 10.8. The monoisotopic (exact) mass is 256 g/mol. The van der Waals surface area contributed by atoms with E-state index in [1.54, 1.807) is 18.2 Å². The molecule has 8 nitrogen and oxygen atoms in total. The minimum absolute atomic E-state index is 0.0168. The molecule has 0 saturated heterocycles. The number of aromatic amines is 1. The van der Waals surface area contributed by atoms with Crippen LogP contribution in [0.1, 0.15) is 5.56 Å². The Hall–Kier alpha value is -3.21. The highest BCUT2D eigenvalue weighted by Crippen LogP contribution is 2.13. The molecule has 0 atom stereocenters. The number of H-pyrrole nitrogens is 1. The molecule has 0 aliphatic heterocycles. The van der Waals surface area contributed by atoms with Gasteiger partial charge in [-0.1, -0.05) is 17.2 Å². The predicted molar refractivity (Wildman–Crippen MR) is 64.5 cm³/mol. The molecule has 0 fully saturated rings. The number of phenolic OH excluding ortho intramolecular Hbond substituents is 1. The van der Waals surface area contributed by atoms with E-state index in [0.29, 0.717) is 5.56 Å². The smallest absolute Gasteiger partial charge is 0.270 e. The Morgan fingerprint density at radius 2 is 2.16 bits per heavy atom. The van der Waals surface area contributed by atoms with Gasteiger partial charge < -0.3 is 5.11 Å². The number of hydrogen-bond donors (Lipinski definition) is 3. The SMILES string of the molecule is N#C/C(=C\c1ccc(O)cc1)C(=O)Nc1nn[nH]n1. The van der Waals surface area contributed by atoms with Crippen molar-refractivity contribution in [3.8, 4) is 11.8 Å². The van der Waals surface area contributed by atoms with Gasteiger partial charge in [-0.2, -0.15) is 10.5 Å². The van der Waals surface area contributed by atoms with Crippen molar-refractivity contribution in [2.45, 2.75) is 0 Å². The molecule has 1 aromatic carbocycles. The molecule has 0 aliphatic carbocycles. The van der Waals surface area contributed by atoms with Gasteiger partial charge in [0.25, 0.3) is 11.9 Å². The van der Waals surface area contributed by atoms with E-state index in [4.69, 9.17) is 10.4 Å². The van der Waals surface area contributed by atoms with Crippen molar-refractivity contribution in [2.24, 2.45) is 0 Å². The van der Waals surface area contributed by atoms with Crippen molar-refractivity contribution < 1.29 is 9.90 Å². The van der Waals surface area contributed by atoms with Gasteiger partial charge in [-0.3, -0.25) is 10.1 Å². The Kier molecular flexibility index (Phi) is 3.49. The molecule has 1 heterocycles. The van der Waals surface area contributed by atoms with Gasteiger partial charge in [-0.25, -0.2) is 0 Å². The lowest BCUT2D eigenvalue weighted by molar-refractivity contribution is -0.112. The third-order valence-electron chi connectivity index (χ3n) is 2.14. The zero-order valence-electron chi connectivity index (χ0n) is 9.53. The molecule has 0 bridgehead atoms. The second kappa shape index (κ2) is 5.42. The van der Waals surface area contributed by atoms with Crippen molar-refractivity contribution in [3.63, 3.8) is 0 Å². The van der Waals surface area contributed by atoms with E-state index in [0.717, 1.165) is 0 Å². The number of nitrogens with one attached hydrogen (secondary N) is 2. The lowest BCUT2D eigenvalue weighted by Crippen LogP contribution is -2.14. The Morgan fingerprint density at radius 1 is 1.42 bits per heavy atom. The summed E-state index contributed by atoms with van der Waals surface area (Å²) in [6, 6.07) is 7.85. The molecule has 94 valence electrons. The van der Waals surface area contributed by atoms with E-state index in [-0.39, 0.29) is 17.3 Å². The van der Waals surface area contributed by atoms with Crippen LogP contribution in [0.25, 0.3) is 6.08 Å². The molecule has 8 heteroatoms. The van der Waals surface area contributed by atoms with Crippen LogP contribution in [0, 0.1) is 11.3 Å². The van der Waals surface area contributed by atoms with Crippen molar-refractivity contribution >= 4 is 17.9 Å². The standard InChI is InChI=1S/C11H8N6O2/c12-6-8(5-7-1-3-9(18)4-2-7)10(19)13-11-14-16-17-15-11/h1-5,18H,(H2,13,14,15,16,17,19)/b8-5+. The van der Waals surface area contributed by atoms with Crippen LogP contribution in [0.15, 0.2) is 29.8 Å². The maximum atomic E-state index is 11.7. The Bertz CT molecular complexity index is 639. The fourth-order valence-electron chi connectivity index (χ4n) is 1.27. The molecule has 1 amide bonds. The fraction of sp³-hybridized carbons (Fsp3) is 0. The summed E-state index contributed by atoms with van der Waals surface area (Å²) in [6.07, 6.45) is 1.38. The second-order valence-electron chi connectivity index (χ2n) is 3.45. The third-order valence-corrected chi connectivity index (χ3v) is 2.14. The highest BCUT2D eigenvalue weighted by Gasteiger charge is 2.11. The maximum Gasteiger partial charge on any atom is 0.270 e. The number of rotatable bonds is 3. The number of carbonyl (C=O) groups is 1. The van der Waals surface area contributed by atoms with Gasteiger partial charge in [0.1, 0.15) is 17.4 Å². The van der Waals surface area contributed by atoms with Crippen LogP contribution in [0.2, 0.25) is 0 Å². The molecule has 3 N–H and O–H groups in total. The van der Waals surface area contributed by atoms with Crippen LogP contribution in [-0.2, 0) is 4.79 Å². The number of anilines is 1. The average molecular weight is 256 g/mol. The van der Waals surface area contributed by atoms with Crippen molar-refractivity contribution in [2.75, 3.05) is 5.32 Å². The summed E-state index contributed by atoms with van der Waals surface area (Å²) < 4.78 is 0. The van der Waals surface area contributed by atoms with E-state index < -0.39 is 5.91 Å². The van der Waals surface area contributed by atoms with Gasteiger partial charge in [-0.05, 0) is 29.0 Å². The number of nitrogens with zero attached hydrogens (tertiary/aromatic N) is 4. The van der Waals surface area contributed by atoms with Crippen molar-refractivity contribution in [3.05, 3.63) is 35.4 Å². The second-order valence-corrected chi connectivity index (χ2v) is 3.45. The summed E-state index contributed by atoms with van der Waals surface area (Å²) in [5, 5.41) is 32.9. The van der Waals surface area contributed by atoms with Crippen LogP contribution in [0.5, 0.6) is 5.75 Å². The topological polar surface area (TPSA) is 128 Å². The first-order chi connectivity index (χ1) is 9.19. The largest absolute Gasteiger partial charge is 0.508 e. The quantitative estimate of drug-likeness (QED) is 0.540. The zero-order valence-corrected chi connectivity index (χ0v) is 9.53.